The summed E-state index contributed by atoms with van der Waals surface area (Å²) in [6.45, 7) is 5.65. The van der Waals surface area contributed by atoms with E-state index in [-0.39, 0.29) is 11.9 Å². The maximum Gasteiger partial charge on any atom is 0.225 e. The van der Waals surface area contributed by atoms with E-state index in [1.54, 1.807) is 6.20 Å². The predicted octanol–water partition coefficient (Wildman–Crippen LogP) is 2.26. The Balaban J connectivity index is 1.86. The first-order chi connectivity index (χ1) is 10.2. The molecular formula is C16H22N4O. The number of hydrogen-bond acceptors (Lipinski definition) is 3. The highest BCUT2D eigenvalue weighted by Crippen LogP contribution is 2.11. The van der Waals surface area contributed by atoms with Gasteiger partial charge in [-0.05, 0) is 37.2 Å². The number of hydrogen-bond donors (Lipinski definition) is 2. The molecule has 2 rings (SSSR count). The van der Waals surface area contributed by atoms with Gasteiger partial charge in [-0.2, -0.15) is 5.10 Å². The molecule has 5 heteroatoms. The smallest absolute Gasteiger partial charge is 0.225 e. The first kappa shape index (κ1) is 15.3. The maximum atomic E-state index is 11.9. The van der Waals surface area contributed by atoms with Crippen LogP contribution in [0.1, 0.15) is 25.8 Å². The third kappa shape index (κ3) is 5.04. The molecule has 5 nitrogen and oxygen atoms in total. The van der Waals surface area contributed by atoms with Crippen LogP contribution < -0.4 is 10.6 Å². The molecule has 112 valence electrons. The van der Waals surface area contributed by atoms with Crippen molar-refractivity contribution in [2.75, 3.05) is 11.9 Å². The van der Waals surface area contributed by atoms with Gasteiger partial charge in [0.2, 0.25) is 5.91 Å². The fourth-order valence-corrected chi connectivity index (χ4v) is 2.19. The molecule has 2 aromatic rings. The van der Waals surface area contributed by atoms with Gasteiger partial charge >= 0.3 is 0 Å². The van der Waals surface area contributed by atoms with Crippen molar-refractivity contribution < 1.29 is 4.79 Å². The number of amides is 1. The van der Waals surface area contributed by atoms with Crippen LogP contribution in [0.5, 0.6) is 0 Å². The van der Waals surface area contributed by atoms with E-state index >= 15 is 0 Å². The second-order valence-corrected chi connectivity index (χ2v) is 5.11. The number of anilines is 1. The molecule has 1 aromatic heterocycles. The Morgan fingerprint density at radius 2 is 2.10 bits per heavy atom. The minimum atomic E-state index is 0.0308. The first-order valence-electron chi connectivity index (χ1n) is 7.27. The number of benzene rings is 1. The molecule has 0 bridgehead atoms. The Kier molecular flexibility index (Phi) is 5.51. The van der Waals surface area contributed by atoms with E-state index in [1.165, 1.54) is 0 Å². The standard InChI is InChI=1S/C16H22N4O/c1-3-17-13(2)11-16(21)19-15-7-5-14(6-8-15)12-20-10-4-9-18-20/h4-10,13,17H,3,11-12H2,1-2H3,(H,19,21). The van der Waals surface area contributed by atoms with Crippen LogP contribution in [0.3, 0.4) is 0 Å². The molecule has 1 heterocycles. The quantitative estimate of drug-likeness (QED) is 0.821. The lowest BCUT2D eigenvalue weighted by Crippen LogP contribution is -2.30. The molecule has 0 aliphatic carbocycles. The van der Waals surface area contributed by atoms with Gasteiger partial charge < -0.3 is 10.6 Å². The third-order valence-electron chi connectivity index (χ3n) is 3.19. The number of carbonyl (C=O) groups is 1. The molecule has 1 atom stereocenters. The van der Waals surface area contributed by atoms with Gasteiger partial charge in [-0.25, -0.2) is 0 Å². The average molecular weight is 286 g/mol. The normalized spacial score (nSPS) is 12.1. The van der Waals surface area contributed by atoms with Crippen molar-refractivity contribution in [1.82, 2.24) is 15.1 Å². The Labute approximate surface area is 125 Å². The number of nitrogens with one attached hydrogen (secondary N) is 2. The Morgan fingerprint density at radius 1 is 1.33 bits per heavy atom. The van der Waals surface area contributed by atoms with Gasteiger partial charge in [0, 0.05) is 30.5 Å². The second kappa shape index (κ2) is 7.59. The fourth-order valence-electron chi connectivity index (χ4n) is 2.19. The molecule has 0 spiro atoms. The summed E-state index contributed by atoms with van der Waals surface area (Å²) in [5, 5.41) is 10.3. The number of aromatic nitrogens is 2. The van der Waals surface area contributed by atoms with Gasteiger partial charge in [-0.15, -0.1) is 0 Å². The number of nitrogens with zero attached hydrogens (tertiary/aromatic N) is 2. The minimum Gasteiger partial charge on any atom is -0.326 e. The highest BCUT2D eigenvalue weighted by Gasteiger charge is 2.08. The van der Waals surface area contributed by atoms with E-state index in [1.807, 2.05) is 55.1 Å². The molecule has 0 fully saturated rings. The van der Waals surface area contributed by atoms with Crippen LogP contribution in [0, 0.1) is 0 Å². The lowest BCUT2D eigenvalue weighted by Gasteiger charge is -2.12. The van der Waals surface area contributed by atoms with Crippen molar-refractivity contribution in [3.05, 3.63) is 48.3 Å². The van der Waals surface area contributed by atoms with E-state index < -0.39 is 0 Å². The van der Waals surface area contributed by atoms with Gasteiger partial charge in [0.05, 0.1) is 6.54 Å². The van der Waals surface area contributed by atoms with Crippen LogP contribution in [-0.4, -0.2) is 28.3 Å². The zero-order chi connectivity index (χ0) is 15.1. The Bertz CT molecular complexity index is 548. The highest BCUT2D eigenvalue weighted by atomic mass is 16.1. The molecule has 1 amide bonds. The van der Waals surface area contributed by atoms with E-state index in [9.17, 15) is 4.79 Å². The van der Waals surface area contributed by atoms with Crippen LogP contribution in [-0.2, 0) is 11.3 Å². The molecule has 0 radical (unpaired) electrons. The molecule has 21 heavy (non-hydrogen) atoms. The van der Waals surface area contributed by atoms with Gasteiger partial charge in [-0.1, -0.05) is 19.1 Å². The molecule has 0 aliphatic rings. The average Bonchev–Trinajstić information content (AvgIpc) is 2.94. The lowest BCUT2D eigenvalue weighted by atomic mass is 10.2. The maximum absolute atomic E-state index is 11.9. The molecule has 0 saturated carbocycles. The summed E-state index contributed by atoms with van der Waals surface area (Å²) >= 11 is 0. The van der Waals surface area contributed by atoms with Crippen LogP contribution in [0.2, 0.25) is 0 Å². The minimum absolute atomic E-state index is 0.0308. The topological polar surface area (TPSA) is 59.0 Å². The summed E-state index contributed by atoms with van der Waals surface area (Å²) in [6.07, 6.45) is 4.17. The molecule has 0 aliphatic heterocycles. The highest BCUT2D eigenvalue weighted by molar-refractivity contribution is 5.91. The van der Waals surface area contributed by atoms with Crippen molar-refractivity contribution in [3.63, 3.8) is 0 Å². The third-order valence-corrected chi connectivity index (χ3v) is 3.19. The van der Waals surface area contributed by atoms with Crippen molar-refractivity contribution in [2.24, 2.45) is 0 Å². The summed E-state index contributed by atoms with van der Waals surface area (Å²) in [5.41, 5.74) is 1.98. The zero-order valence-electron chi connectivity index (χ0n) is 12.5. The zero-order valence-corrected chi connectivity index (χ0v) is 12.5. The van der Waals surface area contributed by atoms with Crippen LogP contribution >= 0.6 is 0 Å². The number of carbonyl (C=O) groups excluding carboxylic acids is 1. The van der Waals surface area contributed by atoms with Crippen molar-refractivity contribution in [3.8, 4) is 0 Å². The second-order valence-electron chi connectivity index (χ2n) is 5.11. The summed E-state index contributed by atoms with van der Waals surface area (Å²) in [4.78, 5) is 11.9. The Hall–Kier alpha value is -2.14. The van der Waals surface area contributed by atoms with Crippen molar-refractivity contribution >= 4 is 11.6 Å². The van der Waals surface area contributed by atoms with Crippen LogP contribution in [0.15, 0.2) is 42.7 Å². The van der Waals surface area contributed by atoms with Gasteiger partial charge in [-0.3, -0.25) is 9.48 Å². The van der Waals surface area contributed by atoms with Crippen LogP contribution in [0.4, 0.5) is 5.69 Å². The Morgan fingerprint density at radius 3 is 2.71 bits per heavy atom. The van der Waals surface area contributed by atoms with Crippen molar-refractivity contribution in [1.29, 1.82) is 0 Å². The SMILES string of the molecule is CCNC(C)CC(=O)Nc1ccc(Cn2cccn2)cc1. The molecule has 1 unspecified atom stereocenters. The molecule has 1 aromatic carbocycles. The number of rotatable bonds is 7. The van der Waals surface area contributed by atoms with E-state index in [2.05, 4.69) is 15.7 Å². The summed E-state index contributed by atoms with van der Waals surface area (Å²) in [5.74, 6) is 0.0308. The van der Waals surface area contributed by atoms with Crippen molar-refractivity contribution in [2.45, 2.75) is 32.9 Å². The van der Waals surface area contributed by atoms with Crippen LogP contribution in [0.25, 0.3) is 0 Å². The molecule has 0 saturated heterocycles. The van der Waals surface area contributed by atoms with Gasteiger partial charge in [0.15, 0.2) is 0 Å². The van der Waals surface area contributed by atoms with E-state index in [0.29, 0.717) is 6.42 Å². The van der Waals surface area contributed by atoms with Gasteiger partial charge in [0.25, 0.3) is 0 Å². The monoisotopic (exact) mass is 286 g/mol. The molecule has 2 N–H and O–H groups in total. The fraction of sp³-hybridized carbons (Fsp3) is 0.375. The van der Waals surface area contributed by atoms with Gasteiger partial charge in [0.1, 0.15) is 0 Å². The summed E-state index contributed by atoms with van der Waals surface area (Å²) < 4.78 is 1.87. The largest absolute Gasteiger partial charge is 0.326 e. The molecular weight excluding hydrogens is 264 g/mol. The lowest BCUT2D eigenvalue weighted by molar-refractivity contribution is -0.116. The predicted molar refractivity (Wildman–Crippen MR) is 84.2 cm³/mol. The summed E-state index contributed by atoms with van der Waals surface area (Å²) in [6, 6.07) is 9.95. The van der Waals surface area contributed by atoms with E-state index in [0.717, 1.165) is 24.3 Å². The summed E-state index contributed by atoms with van der Waals surface area (Å²) in [7, 11) is 0. The van der Waals surface area contributed by atoms with E-state index in [4.69, 9.17) is 0 Å². The first-order valence-corrected chi connectivity index (χ1v) is 7.27.